The van der Waals surface area contributed by atoms with Crippen molar-refractivity contribution in [3.8, 4) is 11.5 Å². The Morgan fingerprint density at radius 1 is 1.03 bits per heavy atom. The van der Waals surface area contributed by atoms with Gasteiger partial charge in [-0.2, -0.15) is 0 Å². The molecule has 1 heterocycles. The molecule has 0 bridgehead atoms. The largest absolute Gasteiger partial charge is 0.497 e. The van der Waals surface area contributed by atoms with E-state index in [9.17, 15) is 9.59 Å². The summed E-state index contributed by atoms with van der Waals surface area (Å²) in [4.78, 5) is 32.8. The molecule has 1 atom stereocenters. The lowest BCUT2D eigenvalue weighted by atomic mass is 10.1. The van der Waals surface area contributed by atoms with E-state index in [4.69, 9.17) is 21.1 Å². The van der Waals surface area contributed by atoms with Crippen molar-refractivity contribution in [2.24, 2.45) is 4.99 Å². The summed E-state index contributed by atoms with van der Waals surface area (Å²) >= 11 is 7.44. The maximum absolute atomic E-state index is 13.5. The molecule has 184 valence electrons. The highest BCUT2D eigenvalue weighted by Gasteiger charge is 2.34. The molecule has 0 N–H and O–H groups in total. The normalized spacial score (nSPS) is 15.1. The van der Waals surface area contributed by atoms with Gasteiger partial charge in [0.1, 0.15) is 17.2 Å². The van der Waals surface area contributed by atoms with Gasteiger partial charge in [-0.15, -0.1) is 0 Å². The number of benzene rings is 3. The number of carbonyl (C=O) groups excluding carboxylic acids is 2. The molecule has 6 nitrogen and oxygen atoms in total. The number of halogens is 1. The molecule has 0 spiro atoms. The van der Waals surface area contributed by atoms with Gasteiger partial charge in [-0.25, -0.2) is 4.99 Å². The lowest BCUT2D eigenvalue weighted by Crippen LogP contribution is -2.32. The minimum atomic E-state index is -0.476. The third kappa shape index (κ3) is 5.48. The van der Waals surface area contributed by atoms with Gasteiger partial charge in [0, 0.05) is 11.6 Å². The maximum Gasteiger partial charge on any atom is 0.283 e. The Balaban J connectivity index is 1.69. The highest BCUT2D eigenvalue weighted by Crippen LogP contribution is 2.36. The number of ketones is 1. The van der Waals surface area contributed by atoms with Crippen LogP contribution in [0.2, 0.25) is 5.02 Å². The molecule has 0 radical (unpaired) electrons. The van der Waals surface area contributed by atoms with Crippen molar-refractivity contribution >= 4 is 52.0 Å². The first-order valence-electron chi connectivity index (χ1n) is 11.2. The van der Waals surface area contributed by atoms with Crippen LogP contribution in [-0.4, -0.2) is 36.3 Å². The lowest BCUT2D eigenvalue weighted by Gasteiger charge is -2.20. The number of Topliss-reactive ketones (excluding diaryl/α,β-unsaturated/α-hetero) is 1. The summed E-state index contributed by atoms with van der Waals surface area (Å²) in [5, 5.41) is 0.351. The van der Waals surface area contributed by atoms with Gasteiger partial charge in [-0.3, -0.25) is 14.5 Å². The van der Waals surface area contributed by atoms with E-state index in [1.165, 1.54) is 23.8 Å². The van der Waals surface area contributed by atoms with Gasteiger partial charge in [0.2, 0.25) is 0 Å². The fourth-order valence-electron chi connectivity index (χ4n) is 3.61. The number of thioether (sulfide) groups is 1. The molecule has 1 unspecified atom stereocenters. The summed E-state index contributed by atoms with van der Waals surface area (Å²) < 4.78 is 10.6. The number of aliphatic imine (C=N–C) groups is 1. The fraction of sp³-hybridized carbons (Fsp3) is 0.179. The van der Waals surface area contributed by atoms with Gasteiger partial charge in [-0.1, -0.05) is 65.3 Å². The Kier molecular flexibility index (Phi) is 7.82. The Morgan fingerprint density at radius 3 is 2.36 bits per heavy atom. The van der Waals surface area contributed by atoms with Gasteiger partial charge < -0.3 is 9.47 Å². The van der Waals surface area contributed by atoms with E-state index < -0.39 is 5.25 Å². The monoisotopic (exact) mass is 520 g/mol. The van der Waals surface area contributed by atoms with Crippen LogP contribution in [0.4, 0.5) is 5.69 Å². The molecule has 0 fully saturated rings. The van der Waals surface area contributed by atoms with Crippen LogP contribution in [0.5, 0.6) is 11.5 Å². The van der Waals surface area contributed by atoms with Gasteiger partial charge >= 0.3 is 0 Å². The number of methoxy groups -OCH3 is 2. The van der Waals surface area contributed by atoms with Gasteiger partial charge in [0.05, 0.1) is 30.2 Å². The first-order chi connectivity index (χ1) is 17.3. The van der Waals surface area contributed by atoms with Crippen molar-refractivity contribution in [2.75, 3.05) is 19.1 Å². The van der Waals surface area contributed by atoms with Crippen LogP contribution < -0.4 is 14.4 Å². The van der Waals surface area contributed by atoms with Gasteiger partial charge in [0.25, 0.3) is 5.91 Å². The molecule has 0 aliphatic carbocycles. The number of ether oxygens (including phenoxy) is 2. The Morgan fingerprint density at radius 2 is 1.72 bits per heavy atom. The molecule has 36 heavy (non-hydrogen) atoms. The van der Waals surface area contributed by atoms with Crippen molar-refractivity contribution in [1.29, 1.82) is 0 Å². The summed E-state index contributed by atoms with van der Waals surface area (Å²) in [6.07, 6.45) is 1.71. The smallest absolute Gasteiger partial charge is 0.283 e. The minimum absolute atomic E-state index is 0.0450. The standard InChI is InChI=1S/C28H25ClN2O4S/c1-17-5-9-20(10-6-17)26(32)18(2)36-28-30-24(15-19-7-12-22(34-3)13-8-19)27(33)31(28)21-11-14-23(29)25(16-21)35-4/h5-16,18H,1-4H3. The van der Waals surface area contributed by atoms with Crippen LogP contribution in [0.3, 0.4) is 0 Å². The van der Waals surface area contributed by atoms with Crippen molar-refractivity contribution in [2.45, 2.75) is 19.1 Å². The summed E-state index contributed by atoms with van der Waals surface area (Å²) in [5.74, 6) is 0.791. The highest BCUT2D eigenvalue weighted by molar-refractivity contribution is 8.15. The van der Waals surface area contributed by atoms with E-state index in [-0.39, 0.29) is 17.4 Å². The zero-order valence-electron chi connectivity index (χ0n) is 20.3. The number of carbonyl (C=O) groups is 2. The van der Waals surface area contributed by atoms with Crippen LogP contribution in [0.25, 0.3) is 6.08 Å². The molecular weight excluding hydrogens is 496 g/mol. The van der Waals surface area contributed by atoms with E-state index in [0.717, 1.165) is 11.1 Å². The summed E-state index contributed by atoms with van der Waals surface area (Å²) in [5.41, 5.74) is 3.28. The van der Waals surface area contributed by atoms with Crippen LogP contribution in [0.1, 0.15) is 28.4 Å². The number of hydrogen-bond acceptors (Lipinski definition) is 6. The first kappa shape index (κ1) is 25.5. The van der Waals surface area contributed by atoms with Gasteiger partial charge in [-0.05, 0) is 49.8 Å². The predicted molar refractivity (Wildman–Crippen MR) is 146 cm³/mol. The highest BCUT2D eigenvalue weighted by atomic mass is 35.5. The number of hydrogen-bond donors (Lipinski definition) is 0. The number of nitrogens with zero attached hydrogens (tertiary/aromatic N) is 2. The van der Waals surface area contributed by atoms with E-state index in [2.05, 4.69) is 4.99 Å². The predicted octanol–water partition coefficient (Wildman–Crippen LogP) is 6.41. The number of amidine groups is 1. The number of amides is 1. The molecule has 0 aromatic heterocycles. The summed E-state index contributed by atoms with van der Waals surface area (Å²) in [6, 6.07) is 19.8. The van der Waals surface area contributed by atoms with Crippen molar-refractivity contribution in [1.82, 2.24) is 0 Å². The Bertz CT molecular complexity index is 1350. The van der Waals surface area contributed by atoms with Crippen molar-refractivity contribution < 1.29 is 19.1 Å². The molecule has 4 rings (SSSR count). The van der Waals surface area contributed by atoms with Crippen LogP contribution in [0.15, 0.2) is 77.4 Å². The molecule has 1 amide bonds. The minimum Gasteiger partial charge on any atom is -0.497 e. The second-order valence-electron chi connectivity index (χ2n) is 8.15. The Hall–Kier alpha value is -3.55. The molecule has 3 aromatic carbocycles. The van der Waals surface area contributed by atoms with Crippen molar-refractivity contribution in [3.05, 3.63) is 94.1 Å². The number of aryl methyl sites for hydroxylation is 1. The summed E-state index contributed by atoms with van der Waals surface area (Å²) in [6.45, 7) is 3.78. The summed E-state index contributed by atoms with van der Waals surface area (Å²) in [7, 11) is 3.11. The topological polar surface area (TPSA) is 68.2 Å². The van der Waals surface area contributed by atoms with E-state index in [0.29, 0.717) is 32.9 Å². The molecule has 0 saturated carbocycles. The Labute approximate surface area is 219 Å². The second-order valence-corrected chi connectivity index (χ2v) is 9.86. The molecule has 1 aliphatic rings. The molecular formula is C28H25ClN2O4S. The van der Waals surface area contributed by atoms with Crippen molar-refractivity contribution in [3.63, 3.8) is 0 Å². The molecule has 0 saturated heterocycles. The molecule has 8 heteroatoms. The average molecular weight is 521 g/mol. The van der Waals surface area contributed by atoms with E-state index in [1.54, 1.807) is 31.4 Å². The van der Waals surface area contributed by atoms with Gasteiger partial charge in [0.15, 0.2) is 11.0 Å². The second kappa shape index (κ2) is 11.0. The first-order valence-corrected chi connectivity index (χ1v) is 12.5. The number of rotatable bonds is 7. The third-order valence-electron chi connectivity index (χ3n) is 5.63. The van der Waals surface area contributed by atoms with E-state index in [1.807, 2.05) is 62.4 Å². The fourth-order valence-corrected chi connectivity index (χ4v) is 4.81. The third-order valence-corrected chi connectivity index (χ3v) is 6.99. The SMILES string of the molecule is COc1ccc(C=C2N=C(SC(C)C(=O)c3ccc(C)cc3)N(c3ccc(Cl)c(OC)c3)C2=O)cc1. The van der Waals surface area contributed by atoms with Crippen LogP contribution in [0, 0.1) is 6.92 Å². The van der Waals surface area contributed by atoms with E-state index >= 15 is 0 Å². The molecule has 1 aliphatic heterocycles. The zero-order valence-corrected chi connectivity index (χ0v) is 21.9. The molecule has 3 aromatic rings. The van der Waals surface area contributed by atoms with Crippen LogP contribution >= 0.6 is 23.4 Å². The van der Waals surface area contributed by atoms with Crippen LogP contribution in [-0.2, 0) is 4.79 Å². The lowest BCUT2D eigenvalue weighted by molar-refractivity contribution is -0.113. The maximum atomic E-state index is 13.5. The zero-order chi connectivity index (χ0) is 25.8. The number of anilines is 1. The quantitative estimate of drug-likeness (QED) is 0.266. The average Bonchev–Trinajstić information content (AvgIpc) is 3.18.